The number of rotatable bonds is 4. The van der Waals surface area contributed by atoms with Gasteiger partial charge in [-0.25, -0.2) is 0 Å². The van der Waals surface area contributed by atoms with Crippen LogP contribution >= 0.6 is 11.3 Å². The number of piperidine rings is 1. The Labute approximate surface area is 152 Å². The first-order valence-electron chi connectivity index (χ1n) is 9.18. The van der Waals surface area contributed by atoms with E-state index < -0.39 is 0 Å². The van der Waals surface area contributed by atoms with Crippen LogP contribution in [0, 0.1) is 0 Å². The number of carbonyl (C=O) groups excluding carboxylic acids is 1. The molecule has 1 atom stereocenters. The number of pyridine rings is 1. The number of carbonyl (C=O) groups is 1. The first-order valence-corrected chi connectivity index (χ1v) is 10.1. The average molecular weight is 356 g/mol. The molecule has 132 valence electrons. The molecule has 0 unspecified atom stereocenters. The van der Waals surface area contributed by atoms with E-state index in [1.54, 1.807) is 23.7 Å². The van der Waals surface area contributed by atoms with Crippen molar-refractivity contribution in [1.29, 1.82) is 0 Å². The third-order valence-corrected chi connectivity index (χ3v) is 6.55. The number of nitrogens with zero attached hydrogens (tertiary/aromatic N) is 2. The molecule has 4 rings (SSSR count). The molecule has 0 N–H and O–H groups in total. The van der Waals surface area contributed by atoms with E-state index in [9.17, 15) is 4.79 Å². The lowest BCUT2D eigenvalue weighted by Crippen LogP contribution is -2.51. The summed E-state index contributed by atoms with van der Waals surface area (Å²) in [6.45, 7) is 1.54. The molecular formula is C20H24N2O2S. The van der Waals surface area contributed by atoms with Crippen molar-refractivity contribution < 1.29 is 9.53 Å². The second-order valence-electron chi connectivity index (χ2n) is 7.08. The highest BCUT2D eigenvalue weighted by Crippen LogP contribution is 2.44. The van der Waals surface area contributed by atoms with E-state index in [1.807, 2.05) is 12.1 Å². The van der Waals surface area contributed by atoms with Gasteiger partial charge in [0.25, 0.3) is 0 Å². The van der Waals surface area contributed by atoms with Gasteiger partial charge in [0, 0.05) is 23.8 Å². The van der Waals surface area contributed by atoms with Crippen LogP contribution < -0.4 is 4.74 Å². The molecule has 4 nitrogen and oxygen atoms in total. The number of likely N-dealkylation sites (tertiary alicyclic amines) is 1. The van der Waals surface area contributed by atoms with E-state index in [0.717, 1.165) is 50.8 Å². The lowest BCUT2D eigenvalue weighted by molar-refractivity contribution is -0.140. The third kappa shape index (κ3) is 3.30. The summed E-state index contributed by atoms with van der Waals surface area (Å²) in [5.74, 6) is 1.15. The Morgan fingerprint density at radius 2 is 2.00 bits per heavy atom. The quantitative estimate of drug-likeness (QED) is 0.831. The van der Waals surface area contributed by atoms with Gasteiger partial charge in [0.15, 0.2) is 0 Å². The predicted octanol–water partition coefficient (Wildman–Crippen LogP) is 4.02. The summed E-state index contributed by atoms with van der Waals surface area (Å²) in [5, 5.41) is 2.09. The Balaban J connectivity index is 1.49. The smallest absolute Gasteiger partial charge is 0.234 e. The zero-order chi connectivity index (χ0) is 17.1. The van der Waals surface area contributed by atoms with Gasteiger partial charge in [0.2, 0.25) is 5.91 Å². The number of thiophene rings is 1. The zero-order valence-corrected chi connectivity index (χ0v) is 15.2. The fourth-order valence-electron chi connectivity index (χ4n) is 4.23. The maximum absolute atomic E-state index is 13.5. The van der Waals surface area contributed by atoms with Gasteiger partial charge in [-0.2, -0.15) is 0 Å². The van der Waals surface area contributed by atoms with E-state index in [1.165, 1.54) is 4.88 Å². The number of hydrogen-bond acceptors (Lipinski definition) is 4. The minimum Gasteiger partial charge on any atom is -0.488 e. The topological polar surface area (TPSA) is 42.4 Å². The molecule has 2 aromatic heterocycles. The van der Waals surface area contributed by atoms with E-state index in [-0.39, 0.29) is 11.5 Å². The van der Waals surface area contributed by atoms with Crippen molar-refractivity contribution in [2.45, 2.75) is 50.0 Å². The summed E-state index contributed by atoms with van der Waals surface area (Å²) in [6, 6.07) is 7.97. The van der Waals surface area contributed by atoms with Crippen LogP contribution in [0.25, 0.3) is 0 Å². The monoisotopic (exact) mass is 356 g/mol. The highest BCUT2D eigenvalue weighted by atomic mass is 32.1. The highest BCUT2D eigenvalue weighted by Gasteiger charge is 2.46. The molecule has 0 spiro atoms. The van der Waals surface area contributed by atoms with Crippen molar-refractivity contribution in [3.63, 3.8) is 0 Å². The van der Waals surface area contributed by atoms with Crippen molar-refractivity contribution in [2.75, 3.05) is 13.1 Å². The summed E-state index contributed by atoms with van der Waals surface area (Å²) in [6.07, 6.45) is 9.82. The first kappa shape index (κ1) is 16.6. The van der Waals surface area contributed by atoms with Crippen LogP contribution in [-0.2, 0) is 10.2 Å². The van der Waals surface area contributed by atoms with Gasteiger partial charge in [0.1, 0.15) is 11.9 Å². The van der Waals surface area contributed by atoms with Crippen LogP contribution in [0.5, 0.6) is 5.75 Å². The Hall–Kier alpha value is -1.88. The second kappa shape index (κ2) is 7.16. The molecule has 1 saturated heterocycles. The van der Waals surface area contributed by atoms with Crippen LogP contribution in [0.1, 0.15) is 43.4 Å². The van der Waals surface area contributed by atoms with Crippen LogP contribution in [0.3, 0.4) is 0 Å². The maximum atomic E-state index is 13.5. The predicted molar refractivity (Wildman–Crippen MR) is 98.9 cm³/mol. The Morgan fingerprint density at radius 3 is 2.72 bits per heavy atom. The fraction of sp³-hybridized carbons (Fsp3) is 0.500. The van der Waals surface area contributed by atoms with E-state index in [4.69, 9.17) is 4.74 Å². The Kier molecular flexibility index (Phi) is 4.75. The Bertz CT molecular complexity index is 696. The molecule has 2 aliphatic rings. The number of hydrogen-bond donors (Lipinski definition) is 0. The lowest BCUT2D eigenvalue weighted by atomic mass is 9.82. The van der Waals surface area contributed by atoms with Gasteiger partial charge in [-0.05, 0) is 49.3 Å². The van der Waals surface area contributed by atoms with Crippen molar-refractivity contribution in [1.82, 2.24) is 9.88 Å². The fourth-order valence-corrected chi connectivity index (χ4v) is 5.20. The summed E-state index contributed by atoms with van der Waals surface area (Å²) < 4.78 is 6.09. The van der Waals surface area contributed by atoms with Gasteiger partial charge in [-0.1, -0.05) is 18.9 Å². The number of ether oxygens (including phenoxy) is 1. The number of amides is 1. The van der Waals surface area contributed by atoms with E-state index in [2.05, 4.69) is 27.4 Å². The first-order chi connectivity index (χ1) is 12.3. The van der Waals surface area contributed by atoms with Crippen molar-refractivity contribution in [3.8, 4) is 5.75 Å². The standard InChI is InChI=1S/C20H24N2O2S/c23-19(20(9-1-2-10-20)18-6-4-14-25-18)22-13-3-5-17(15-22)24-16-7-11-21-12-8-16/h4,6-8,11-12,14,17H,1-3,5,9-10,13,15H2/t17-/m1/s1. The molecule has 3 heterocycles. The summed E-state index contributed by atoms with van der Waals surface area (Å²) in [4.78, 5) is 20.8. The second-order valence-corrected chi connectivity index (χ2v) is 8.03. The van der Waals surface area contributed by atoms with Gasteiger partial charge in [0.05, 0.1) is 12.0 Å². The third-order valence-electron chi connectivity index (χ3n) is 5.48. The molecule has 0 bridgehead atoms. The molecule has 2 fully saturated rings. The molecule has 0 aromatic carbocycles. The molecular weight excluding hydrogens is 332 g/mol. The minimum atomic E-state index is -0.285. The van der Waals surface area contributed by atoms with Gasteiger partial charge < -0.3 is 9.64 Å². The summed E-state index contributed by atoms with van der Waals surface area (Å²) >= 11 is 1.73. The average Bonchev–Trinajstić information content (AvgIpc) is 3.34. The maximum Gasteiger partial charge on any atom is 0.234 e. The van der Waals surface area contributed by atoms with Crippen LogP contribution in [0.4, 0.5) is 0 Å². The molecule has 1 aliphatic carbocycles. The van der Waals surface area contributed by atoms with Crippen molar-refractivity contribution in [2.24, 2.45) is 0 Å². The molecule has 0 radical (unpaired) electrons. The lowest BCUT2D eigenvalue weighted by Gasteiger charge is -2.38. The minimum absolute atomic E-state index is 0.0712. The van der Waals surface area contributed by atoms with Gasteiger partial charge in [-0.3, -0.25) is 9.78 Å². The van der Waals surface area contributed by atoms with Crippen LogP contribution in [-0.4, -0.2) is 35.0 Å². The largest absolute Gasteiger partial charge is 0.488 e. The zero-order valence-electron chi connectivity index (χ0n) is 14.4. The van der Waals surface area contributed by atoms with E-state index >= 15 is 0 Å². The molecule has 1 aliphatic heterocycles. The van der Waals surface area contributed by atoms with Crippen LogP contribution in [0.15, 0.2) is 42.0 Å². The van der Waals surface area contributed by atoms with Crippen molar-refractivity contribution >= 4 is 17.2 Å². The van der Waals surface area contributed by atoms with Crippen LogP contribution in [0.2, 0.25) is 0 Å². The Morgan fingerprint density at radius 1 is 1.20 bits per heavy atom. The molecule has 1 amide bonds. The SMILES string of the molecule is O=C(N1CCC[C@@H](Oc2ccncc2)C1)C1(c2cccs2)CCCC1. The summed E-state index contributed by atoms with van der Waals surface area (Å²) in [7, 11) is 0. The summed E-state index contributed by atoms with van der Waals surface area (Å²) in [5.41, 5.74) is -0.285. The van der Waals surface area contributed by atoms with E-state index in [0.29, 0.717) is 12.5 Å². The molecule has 1 saturated carbocycles. The highest BCUT2D eigenvalue weighted by molar-refractivity contribution is 7.10. The molecule has 2 aromatic rings. The molecule has 25 heavy (non-hydrogen) atoms. The van der Waals surface area contributed by atoms with Crippen molar-refractivity contribution in [3.05, 3.63) is 46.9 Å². The number of aromatic nitrogens is 1. The normalized spacial score (nSPS) is 22.7. The van der Waals surface area contributed by atoms with Gasteiger partial charge in [-0.15, -0.1) is 11.3 Å². The van der Waals surface area contributed by atoms with Gasteiger partial charge >= 0.3 is 0 Å². The molecule has 5 heteroatoms.